The van der Waals surface area contributed by atoms with E-state index < -0.39 is 17.9 Å². The molecule has 2 saturated carbocycles. The molecule has 24 heavy (non-hydrogen) atoms. The largest absolute Gasteiger partial charge is 0.481 e. The van der Waals surface area contributed by atoms with Gasteiger partial charge in [-0.25, -0.2) is 4.79 Å². The van der Waals surface area contributed by atoms with E-state index in [0.717, 1.165) is 64.2 Å². The predicted octanol–water partition coefficient (Wildman–Crippen LogP) is 3.82. The molecule has 0 aromatic carbocycles. The lowest BCUT2D eigenvalue weighted by Gasteiger charge is -2.23. The lowest BCUT2D eigenvalue weighted by Crippen LogP contribution is -2.28. The lowest BCUT2D eigenvalue weighted by atomic mass is 9.80. The third kappa shape index (κ3) is 5.18. The lowest BCUT2D eigenvalue weighted by molar-refractivity contribution is -0.145. The highest BCUT2D eigenvalue weighted by atomic mass is 16.4. The van der Waals surface area contributed by atoms with Crippen LogP contribution in [0.15, 0.2) is 11.6 Å². The Balaban J connectivity index is 2.12. The fraction of sp³-hybridized carbons (Fsp3) is 0.737. The Hall–Kier alpha value is -1.65. The molecule has 0 amide bonds. The molecule has 0 heterocycles. The van der Waals surface area contributed by atoms with Crippen LogP contribution < -0.4 is 0 Å². The van der Waals surface area contributed by atoms with Gasteiger partial charge in [-0.3, -0.25) is 9.59 Å². The fourth-order valence-electron chi connectivity index (χ4n) is 4.01. The molecule has 1 unspecified atom stereocenters. The summed E-state index contributed by atoms with van der Waals surface area (Å²) in [5.74, 6) is -3.69. The molecular formula is C19H28O5. The first-order chi connectivity index (χ1) is 11.5. The first-order valence-electron chi connectivity index (χ1n) is 9.19. The van der Waals surface area contributed by atoms with Crippen molar-refractivity contribution < 1.29 is 24.6 Å². The molecule has 2 rings (SSSR count). The molecule has 0 radical (unpaired) electrons. The van der Waals surface area contributed by atoms with Crippen LogP contribution in [0.4, 0.5) is 0 Å². The summed E-state index contributed by atoms with van der Waals surface area (Å²) in [7, 11) is 0. The molecule has 134 valence electrons. The summed E-state index contributed by atoms with van der Waals surface area (Å²) in [4.78, 5) is 35.7. The third-order valence-electron chi connectivity index (χ3n) is 5.45. The maximum Gasteiger partial charge on any atom is 0.332 e. The van der Waals surface area contributed by atoms with Gasteiger partial charge in [0.15, 0.2) is 0 Å². The van der Waals surface area contributed by atoms with Crippen LogP contribution in [0.1, 0.15) is 70.6 Å². The fourth-order valence-corrected chi connectivity index (χ4v) is 4.01. The van der Waals surface area contributed by atoms with Crippen LogP contribution in [0.25, 0.3) is 0 Å². The summed E-state index contributed by atoms with van der Waals surface area (Å²) >= 11 is 0. The Morgan fingerprint density at radius 2 is 1.42 bits per heavy atom. The monoisotopic (exact) mass is 336 g/mol. The van der Waals surface area contributed by atoms with E-state index in [9.17, 15) is 24.6 Å². The second kappa shape index (κ2) is 9.00. The van der Waals surface area contributed by atoms with Gasteiger partial charge >= 0.3 is 11.9 Å². The molecule has 0 aromatic heterocycles. The molecule has 1 atom stereocenters. The highest BCUT2D eigenvalue weighted by Crippen LogP contribution is 2.31. The zero-order valence-electron chi connectivity index (χ0n) is 14.2. The van der Waals surface area contributed by atoms with Gasteiger partial charge in [0, 0.05) is 17.9 Å². The molecule has 2 N–H and O–H groups in total. The van der Waals surface area contributed by atoms with E-state index in [1.165, 1.54) is 0 Å². The van der Waals surface area contributed by atoms with Crippen molar-refractivity contribution in [1.29, 1.82) is 0 Å². The molecule has 5 nitrogen and oxygen atoms in total. The molecule has 0 aliphatic heterocycles. The van der Waals surface area contributed by atoms with E-state index in [1.54, 1.807) is 6.08 Å². The minimum atomic E-state index is -1.22. The Morgan fingerprint density at radius 3 is 1.92 bits per heavy atom. The van der Waals surface area contributed by atoms with Crippen molar-refractivity contribution in [1.82, 2.24) is 0 Å². The Kier molecular flexibility index (Phi) is 7.00. The van der Waals surface area contributed by atoms with Crippen LogP contribution in [0.2, 0.25) is 0 Å². The Labute approximate surface area is 143 Å². The summed E-state index contributed by atoms with van der Waals surface area (Å²) in [6.45, 7) is 0. The minimum absolute atomic E-state index is 0.0853. The molecular weight excluding hydrogens is 308 g/mol. The van der Waals surface area contributed by atoms with Crippen LogP contribution in [-0.2, 0) is 14.4 Å². The van der Waals surface area contributed by atoms with Crippen LogP contribution in [0, 0.1) is 17.8 Å². The van der Waals surface area contributed by atoms with E-state index >= 15 is 0 Å². The number of carbonyl (C=O) groups is 3. The average Bonchev–Trinajstić information content (AvgIpc) is 2.59. The zero-order valence-corrected chi connectivity index (χ0v) is 14.2. The zero-order chi connectivity index (χ0) is 17.5. The molecule has 2 aliphatic carbocycles. The maximum absolute atomic E-state index is 12.4. The van der Waals surface area contributed by atoms with Gasteiger partial charge in [-0.15, -0.1) is 0 Å². The van der Waals surface area contributed by atoms with Gasteiger partial charge in [0.05, 0.1) is 5.92 Å². The van der Waals surface area contributed by atoms with Crippen molar-refractivity contribution in [2.45, 2.75) is 70.6 Å². The molecule has 2 fully saturated rings. The van der Waals surface area contributed by atoms with Gasteiger partial charge in [-0.1, -0.05) is 44.6 Å². The summed E-state index contributed by atoms with van der Waals surface area (Å²) < 4.78 is 0. The molecule has 0 spiro atoms. The van der Waals surface area contributed by atoms with E-state index in [-0.39, 0.29) is 29.6 Å². The van der Waals surface area contributed by atoms with Gasteiger partial charge in [0.1, 0.15) is 5.78 Å². The molecule has 5 heteroatoms. The number of hydrogen-bond donors (Lipinski definition) is 2. The van der Waals surface area contributed by atoms with Crippen LogP contribution in [-0.4, -0.2) is 27.9 Å². The number of hydrogen-bond acceptors (Lipinski definition) is 3. The Morgan fingerprint density at radius 1 is 0.875 bits per heavy atom. The summed E-state index contributed by atoms with van der Waals surface area (Å²) in [6.07, 6.45) is 11.2. The molecule has 0 bridgehead atoms. The summed E-state index contributed by atoms with van der Waals surface area (Å²) in [5.41, 5.74) is -0.0986. The van der Waals surface area contributed by atoms with Gasteiger partial charge in [-0.05, 0) is 31.6 Å². The van der Waals surface area contributed by atoms with Gasteiger partial charge in [0.2, 0.25) is 0 Å². The maximum atomic E-state index is 12.4. The van der Waals surface area contributed by atoms with Crippen LogP contribution in [0.5, 0.6) is 0 Å². The number of carbonyl (C=O) groups excluding carboxylic acids is 1. The number of carboxylic acids is 2. The van der Waals surface area contributed by atoms with E-state index in [1.807, 2.05) is 0 Å². The van der Waals surface area contributed by atoms with E-state index in [2.05, 4.69) is 0 Å². The molecule has 0 aromatic rings. The van der Waals surface area contributed by atoms with E-state index in [4.69, 9.17) is 0 Å². The normalized spacial score (nSPS) is 22.1. The van der Waals surface area contributed by atoms with Crippen LogP contribution in [0.3, 0.4) is 0 Å². The SMILES string of the molecule is O=C(O)C(=CC1CCCCC1)C(CC(=O)C1CCCCC1)C(=O)O. The standard InChI is InChI=1S/C19H28O5/c20-17(14-9-5-2-6-10-14)12-16(19(23)24)15(18(21)22)11-13-7-3-1-4-8-13/h11,13-14,16H,1-10,12H2,(H,21,22)(H,23,24). The Bertz CT molecular complexity index is 496. The highest BCUT2D eigenvalue weighted by molar-refractivity contribution is 5.97. The van der Waals surface area contributed by atoms with Gasteiger partial charge < -0.3 is 10.2 Å². The number of ketones is 1. The first-order valence-corrected chi connectivity index (χ1v) is 9.19. The van der Waals surface area contributed by atoms with Crippen molar-refractivity contribution in [2.24, 2.45) is 17.8 Å². The van der Waals surface area contributed by atoms with Crippen molar-refractivity contribution in [3.63, 3.8) is 0 Å². The topological polar surface area (TPSA) is 91.7 Å². The quantitative estimate of drug-likeness (QED) is 0.690. The van der Waals surface area contributed by atoms with Crippen LogP contribution >= 0.6 is 0 Å². The number of Topliss-reactive ketones (excluding diaryl/α,β-unsaturated/α-hetero) is 1. The van der Waals surface area contributed by atoms with Crippen molar-refractivity contribution in [2.75, 3.05) is 0 Å². The van der Waals surface area contributed by atoms with Crippen molar-refractivity contribution >= 4 is 17.7 Å². The third-order valence-corrected chi connectivity index (χ3v) is 5.45. The minimum Gasteiger partial charge on any atom is -0.481 e. The molecule has 0 saturated heterocycles. The summed E-state index contributed by atoms with van der Waals surface area (Å²) in [6, 6.07) is 0. The smallest absolute Gasteiger partial charge is 0.332 e. The number of rotatable bonds is 7. The predicted molar refractivity (Wildman–Crippen MR) is 89.6 cm³/mol. The number of aliphatic carboxylic acids is 2. The van der Waals surface area contributed by atoms with Gasteiger partial charge in [0.25, 0.3) is 0 Å². The molecule has 2 aliphatic rings. The van der Waals surface area contributed by atoms with Gasteiger partial charge in [-0.2, -0.15) is 0 Å². The summed E-state index contributed by atoms with van der Waals surface area (Å²) in [5, 5.41) is 19.0. The van der Waals surface area contributed by atoms with Crippen molar-refractivity contribution in [3.8, 4) is 0 Å². The van der Waals surface area contributed by atoms with Crippen molar-refractivity contribution in [3.05, 3.63) is 11.6 Å². The first kappa shape index (κ1) is 18.7. The second-order valence-electron chi connectivity index (χ2n) is 7.22. The number of allylic oxidation sites excluding steroid dienone is 1. The van der Waals surface area contributed by atoms with E-state index in [0.29, 0.717) is 0 Å². The highest BCUT2D eigenvalue weighted by Gasteiger charge is 2.33. The number of carboxylic acid groups (broad SMARTS) is 2. The average molecular weight is 336 g/mol. The second-order valence-corrected chi connectivity index (χ2v) is 7.22.